The van der Waals surface area contributed by atoms with Gasteiger partial charge in [-0.1, -0.05) is 38.2 Å². The van der Waals surface area contributed by atoms with Gasteiger partial charge in [0, 0.05) is 37.3 Å². The number of hydrogen-bond acceptors (Lipinski definition) is 9. The number of phenolic OH excluding ortho intramolecular Hbond substituents is 2. The van der Waals surface area contributed by atoms with E-state index in [1.165, 1.54) is 26.4 Å². The Balaban J connectivity index is 2.62. The second kappa shape index (κ2) is 14.0. The van der Waals surface area contributed by atoms with Gasteiger partial charge in [0.1, 0.15) is 17.6 Å². The minimum atomic E-state index is -0.992. The molecule has 1 aromatic rings. The molecule has 1 aromatic carbocycles. The van der Waals surface area contributed by atoms with E-state index in [2.05, 4.69) is 5.32 Å². The molecule has 39 heavy (non-hydrogen) atoms. The highest BCUT2D eigenvalue weighted by molar-refractivity contribution is 6.04. The van der Waals surface area contributed by atoms with Crippen LogP contribution in [0.4, 0.5) is 16.2 Å². The smallest absolute Gasteiger partial charge is 0.405 e. The third-order valence-corrected chi connectivity index (χ3v) is 6.87. The van der Waals surface area contributed by atoms with E-state index in [4.69, 9.17) is 25.7 Å². The molecular formula is C28H41N3O8. The number of ether oxygens (including phenoxy) is 3. The molecule has 0 fully saturated rings. The molecular weight excluding hydrogens is 506 g/mol. The molecule has 1 aliphatic heterocycles. The van der Waals surface area contributed by atoms with Crippen molar-refractivity contribution in [1.29, 1.82) is 0 Å². The zero-order valence-electron chi connectivity index (χ0n) is 23.3. The molecule has 11 heteroatoms. The van der Waals surface area contributed by atoms with E-state index in [9.17, 15) is 24.9 Å². The number of amides is 2. The summed E-state index contributed by atoms with van der Waals surface area (Å²) in [5.74, 6) is -1.63. The Kier molecular flexibility index (Phi) is 11.4. The van der Waals surface area contributed by atoms with Crippen molar-refractivity contribution >= 4 is 23.4 Å². The van der Waals surface area contributed by atoms with Crippen LogP contribution in [0.2, 0.25) is 0 Å². The van der Waals surface area contributed by atoms with Gasteiger partial charge in [-0.2, -0.15) is 0 Å². The molecule has 8 N–H and O–H groups in total. The third-order valence-electron chi connectivity index (χ3n) is 6.87. The first-order chi connectivity index (χ1) is 18.3. The summed E-state index contributed by atoms with van der Waals surface area (Å²) in [6.45, 7) is 7.01. The van der Waals surface area contributed by atoms with Crippen LogP contribution in [0, 0.1) is 11.8 Å². The number of phenols is 2. The second-order valence-electron chi connectivity index (χ2n) is 10.0. The van der Waals surface area contributed by atoms with Gasteiger partial charge in [0.2, 0.25) is 0 Å². The average molecular weight is 548 g/mol. The van der Waals surface area contributed by atoms with Crippen LogP contribution in [-0.4, -0.2) is 66.0 Å². The number of fused-ring (bicyclic) bond motifs is 2. The molecule has 0 spiro atoms. The molecule has 3 unspecified atom stereocenters. The number of nitrogens with two attached hydrogens (primary N) is 2. The van der Waals surface area contributed by atoms with Crippen LogP contribution in [0.25, 0.3) is 0 Å². The Morgan fingerprint density at radius 3 is 2.41 bits per heavy atom. The number of aliphatic hydroxyl groups is 1. The Morgan fingerprint density at radius 2 is 1.82 bits per heavy atom. The molecule has 2 rings (SSSR count). The number of anilines is 2. The number of benzene rings is 1. The van der Waals surface area contributed by atoms with Gasteiger partial charge in [-0.05, 0) is 38.2 Å². The predicted molar refractivity (Wildman–Crippen MR) is 148 cm³/mol. The van der Waals surface area contributed by atoms with Gasteiger partial charge in [-0.25, -0.2) is 4.79 Å². The van der Waals surface area contributed by atoms with Crippen LogP contribution in [0.1, 0.15) is 39.7 Å². The van der Waals surface area contributed by atoms with Crippen LogP contribution in [-0.2, 0) is 25.4 Å². The van der Waals surface area contributed by atoms with Gasteiger partial charge in [-0.15, -0.1) is 0 Å². The molecule has 216 valence electrons. The van der Waals surface area contributed by atoms with Crippen LogP contribution < -0.4 is 16.8 Å². The van der Waals surface area contributed by atoms with E-state index in [0.29, 0.717) is 12.0 Å². The Bertz CT molecular complexity index is 1130. The Labute approximate surface area is 229 Å². The number of allylic oxidation sites excluding steroid dienone is 2. The summed E-state index contributed by atoms with van der Waals surface area (Å²) in [4.78, 5) is 24.5. The molecule has 1 aliphatic rings. The summed E-state index contributed by atoms with van der Waals surface area (Å²) in [5, 5.41) is 35.0. The van der Waals surface area contributed by atoms with E-state index in [0.717, 1.165) is 0 Å². The molecule has 1 heterocycles. The summed E-state index contributed by atoms with van der Waals surface area (Å²) < 4.78 is 16.5. The third kappa shape index (κ3) is 8.22. The molecule has 11 nitrogen and oxygen atoms in total. The number of aromatic hydroxyl groups is 2. The number of primary amides is 1. The highest BCUT2D eigenvalue weighted by Crippen LogP contribution is 2.40. The maximum atomic E-state index is 12.8. The second-order valence-corrected chi connectivity index (χ2v) is 10.0. The SMILES string of the molecule is COC1/C=C\C=C(/C)C(=O)Nc2cc(O)c(N)c(c2O)C[C@@H](C)CC(OC)[C@H](O)[C@@H](C)/C=C(\C)C1OC(N)=O. The van der Waals surface area contributed by atoms with E-state index in [-0.39, 0.29) is 46.3 Å². The highest BCUT2D eigenvalue weighted by atomic mass is 16.6. The van der Waals surface area contributed by atoms with Crippen LogP contribution >= 0.6 is 0 Å². The van der Waals surface area contributed by atoms with Gasteiger partial charge in [0.05, 0.1) is 23.6 Å². The molecule has 0 aliphatic carbocycles. The summed E-state index contributed by atoms with van der Waals surface area (Å²) in [7, 11) is 2.93. The fraction of sp³-hybridized carbons (Fsp3) is 0.500. The molecule has 0 radical (unpaired) electrons. The maximum absolute atomic E-state index is 12.8. The normalized spacial score (nSPS) is 30.8. The van der Waals surface area contributed by atoms with Crippen LogP contribution in [0.5, 0.6) is 11.5 Å². The van der Waals surface area contributed by atoms with Gasteiger partial charge in [-0.3, -0.25) is 4.79 Å². The summed E-state index contributed by atoms with van der Waals surface area (Å²) in [6.07, 6.45) is 2.90. The summed E-state index contributed by atoms with van der Waals surface area (Å²) >= 11 is 0. The molecule has 0 saturated carbocycles. The molecule has 0 aromatic heterocycles. The lowest BCUT2D eigenvalue weighted by Crippen LogP contribution is -2.37. The molecule has 2 bridgehead atoms. The van der Waals surface area contributed by atoms with Gasteiger partial charge < -0.3 is 46.3 Å². The summed E-state index contributed by atoms with van der Waals surface area (Å²) in [5.41, 5.74) is 12.6. The standard InChI is InChI=1S/C28H41N3O8/c1-14-10-18-23(29)20(32)13-19(25(18)34)31-27(35)15(2)8-7-9-21(37-5)26(39-28(30)36)17(4)12-16(3)24(33)22(11-14)38-6/h7-9,12-14,16,21-22,24,26,32-34H,10-11,29H2,1-6H3,(H2,30,36)(H,31,35)/b9-7-,15-8+,17-12+/t14-,16+,21?,22?,24-,26?/m1/s1. The minimum absolute atomic E-state index is 0.00464. The molecule has 2 amide bonds. The monoisotopic (exact) mass is 547 g/mol. The first-order valence-electron chi connectivity index (χ1n) is 12.7. The lowest BCUT2D eigenvalue weighted by atomic mass is 9.87. The quantitative estimate of drug-likeness (QED) is 0.143. The Morgan fingerprint density at radius 1 is 1.15 bits per heavy atom. The Hall–Kier alpha value is -3.54. The van der Waals surface area contributed by atoms with Crippen LogP contribution in [0.15, 0.2) is 41.5 Å². The van der Waals surface area contributed by atoms with Crippen molar-refractivity contribution in [3.05, 3.63) is 47.1 Å². The number of carbonyl (C=O) groups is 2. The number of rotatable bonds is 3. The lowest BCUT2D eigenvalue weighted by molar-refractivity contribution is -0.112. The van der Waals surface area contributed by atoms with Crippen molar-refractivity contribution in [1.82, 2.24) is 0 Å². The van der Waals surface area contributed by atoms with Gasteiger partial charge in [0.15, 0.2) is 6.10 Å². The number of carbonyl (C=O) groups excluding carboxylic acids is 2. The van der Waals surface area contributed by atoms with Crippen molar-refractivity contribution in [3.8, 4) is 11.5 Å². The first-order valence-corrected chi connectivity index (χ1v) is 12.7. The number of nitrogen functional groups attached to an aromatic ring is 1. The van der Waals surface area contributed by atoms with Crippen molar-refractivity contribution in [2.45, 2.75) is 65.0 Å². The van der Waals surface area contributed by atoms with Crippen molar-refractivity contribution in [3.63, 3.8) is 0 Å². The maximum Gasteiger partial charge on any atom is 0.405 e. The summed E-state index contributed by atoms with van der Waals surface area (Å²) in [6, 6.07) is 1.19. The molecule has 6 atom stereocenters. The van der Waals surface area contributed by atoms with E-state index in [1.54, 1.807) is 39.0 Å². The zero-order valence-corrected chi connectivity index (χ0v) is 23.3. The fourth-order valence-corrected chi connectivity index (χ4v) is 4.63. The lowest BCUT2D eigenvalue weighted by Gasteiger charge is -2.29. The zero-order chi connectivity index (χ0) is 29.4. The number of nitrogens with one attached hydrogen (secondary N) is 1. The topological polar surface area (TPSA) is 187 Å². The van der Waals surface area contributed by atoms with Gasteiger partial charge in [0.25, 0.3) is 5.91 Å². The van der Waals surface area contributed by atoms with E-state index >= 15 is 0 Å². The predicted octanol–water partition coefficient (Wildman–Crippen LogP) is 3.14. The van der Waals surface area contributed by atoms with E-state index < -0.39 is 42.3 Å². The van der Waals surface area contributed by atoms with Crippen LogP contribution in [0.3, 0.4) is 0 Å². The largest absolute Gasteiger partial charge is 0.506 e. The number of methoxy groups -OCH3 is 2. The number of aliphatic hydroxyl groups excluding tert-OH is 1. The highest BCUT2D eigenvalue weighted by Gasteiger charge is 2.30. The average Bonchev–Trinajstić information content (AvgIpc) is 2.88. The van der Waals surface area contributed by atoms with Crippen molar-refractivity contribution in [2.24, 2.45) is 17.6 Å². The van der Waals surface area contributed by atoms with Crippen molar-refractivity contribution in [2.75, 3.05) is 25.3 Å². The first kappa shape index (κ1) is 31.7. The minimum Gasteiger partial charge on any atom is -0.506 e. The van der Waals surface area contributed by atoms with E-state index in [1.807, 2.05) is 6.92 Å². The van der Waals surface area contributed by atoms with Gasteiger partial charge >= 0.3 is 6.09 Å². The molecule has 0 saturated heterocycles. The number of hydrogen-bond donors (Lipinski definition) is 6. The fourth-order valence-electron chi connectivity index (χ4n) is 4.63. The van der Waals surface area contributed by atoms with Crippen molar-refractivity contribution < 1.29 is 39.1 Å².